The Labute approximate surface area is 147 Å². The van der Waals surface area contributed by atoms with E-state index in [4.69, 9.17) is 18.9 Å². The number of amides is 1. The third-order valence-corrected chi connectivity index (χ3v) is 3.80. The third-order valence-electron chi connectivity index (χ3n) is 3.80. The molecule has 0 bridgehead atoms. The quantitative estimate of drug-likeness (QED) is 0.835. The predicted octanol–water partition coefficient (Wildman–Crippen LogP) is 3.21. The van der Waals surface area contributed by atoms with Gasteiger partial charge in [-0.3, -0.25) is 4.79 Å². The van der Waals surface area contributed by atoms with Crippen LogP contribution in [0.25, 0.3) is 0 Å². The highest BCUT2D eigenvalue weighted by Gasteiger charge is 2.13. The molecule has 0 aliphatic carbocycles. The lowest BCUT2D eigenvalue weighted by Crippen LogP contribution is -2.15. The molecule has 0 aliphatic heterocycles. The van der Waals surface area contributed by atoms with Crippen molar-refractivity contribution in [1.82, 2.24) is 0 Å². The number of aryl methyl sites for hydroxylation is 1. The van der Waals surface area contributed by atoms with Crippen molar-refractivity contribution in [1.29, 1.82) is 0 Å². The van der Waals surface area contributed by atoms with Gasteiger partial charge in [0.1, 0.15) is 11.5 Å². The number of carbonyl (C=O) groups excluding carboxylic acids is 1. The van der Waals surface area contributed by atoms with Crippen LogP contribution >= 0.6 is 0 Å². The standard InChI is InChI=1S/C19H23NO5/c1-12-8-17(24-4)14(11-16(12)23-3)20-19(21)10-13-6-7-15(22-2)18(9-13)25-5/h6-9,11H,10H2,1-5H3,(H,20,21). The largest absolute Gasteiger partial charge is 0.496 e. The van der Waals surface area contributed by atoms with Gasteiger partial charge in [-0.15, -0.1) is 0 Å². The van der Waals surface area contributed by atoms with E-state index in [1.54, 1.807) is 46.6 Å². The summed E-state index contributed by atoms with van der Waals surface area (Å²) in [4.78, 5) is 12.4. The highest BCUT2D eigenvalue weighted by atomic mass is 16.5. The number of hydrogen-bond acceptors (Lipinski definition) is 5. The second-order valence-electron chi connectivity index (χ2n) is 5.44. The highest BCUT2D eigenvalue weighted by molar-refractivity contribution is 5.94. The van der Waals surface area contributed by atoms with Gasteiger partial charge in [0.2, 0.25) is 5.91 Å². The maximum atomic E-state index is 12.4. The molecule has 0 spiro atoms. The van der Waals surface area contributed by atoms with Crippen molar-refractivity contribution in [2.24, 2.45) is 0 Å². The maximum Gasteiger partial charge on any atom is 0.228 e. The minimum Gasteiger partial charge on any atom is -0.496 e. The Morgan fingerprint density at radius 3 is 2.08 bits per heavy atom. The molecule has 2 aromatic rings. The summed E-state index contributed by atoms with van der Waals surface area (Å²) >= 11 is 0. The topological polar surface area (TPSA) is 66.0 Å². The van der Waals surface area contributed by atoms with Gasteiger partial charge in [-0.2, -0.15) is 0 Å². The van der Waals surface area contributed by atoms with Crippen LogP contribution in [0.4, 0.5) is 5.69 Å². The summed E-state index contributed by atoms with van der Waals surface area (Å²) in [5.74, 6) is 2.30. The van der Waals surface area contributed by atoms with E-state index in [9.17, 15) is 4.79 Å². The summed E-state index contributed by atoms with van der Waals surface area (Å²) in [5.41, 5.74) is 2.31. The SMILES string of the molecule is COc1cc(NC(=O)Cc2ccc(OC)c(OC)c2)c(OC)cc1C. The first-order valence-electron chi connectivity index (χ1n) is 7.75. The summed E-state index contributed by atoms with van der Waals surface area (Å²) in [6, 6.07) is 8.96. The van der Waals surface area contributed by atoms with E-state index >= 15 is 0 Å². The van der Waals surface area contributed by atoms with Gasteiger partial charge in [-0.1, -0.05) is 6.07 Å². The number of carbonyl (C=O) groups is 1. The summed E-state index contributed by atoms with van der Waals surface area (Å²) in [7, 11) is 6.28. The molecule has 0 atom stereocenters. The number of hydrogen-bond donors (Lipinski definition) is 1. The van der Waals surface area contributed by atoms with Crippen molar-refractivity contribution in [3.05, 3.63) is 41.5 Å². The molecular weight excluding hydrogens is 322 g/mol. The van der Waals surface area contributed by atoms with Crippen LogP contribution in [0.5, 0.6) is 23.0 Å². The van der Waals surface area contributed by atoms with Gasteiger partial charge in [-0.05, 0) is 36.2 Å². The monoisotopic (exact) mass is 345 g/mol. The molecule has 134 valence electrons. The van der Waals surface area contributed by atoms with Gasteiger partial charge in [0.15, 0.2) is 11.5 Å². The minimum absolute atomic E-state index is 0.170. The van der Waals surface area contributed by atoms with Crippen molar-refractivity contribution < 1.29 is 23.7 Å². The average molecular weight is 345 g/mol. The lowest BCUT2D eigenvalue weighted by molar-refractivity contribution is -0.115. The Bertz CT molecular complexity index is 758. The number of rotatable bonds is 7. The normalized spacial score (nSPS) is 10.1. The molecule has 6 nitrogen and oxygen atoms in total. The summed E-state index contributed by atoms with van der Waals surface area (Å²) in [6.45, 7) is 1.91. The first kappa shape index (κ1) is 18.4. The fourth-order valence-electron chi connectivity index (χ4n) is 2.52. The molecule has 0 saturated carbocycles. The first-order valence-corrected chi connectivity index (χ1v) is 7.75. The molecule has 0 unspecified atom stereocenters. The van der Waals surface area contributed by atoms with E-state index in [0.29, 0.717) is 28.7 Å². The Morgan fingerprint density at radius 1 is 0.840 bits per heavy atom. The third kappa shape index (κ3) is 4.35. The molecule has 0 radical (unpaired) electrons. The smallest absolute Gasteiger partial charge is 0.228 e. The molecule has 0 aromatic heterocycles. The molecule has 0 fully saturated rings. The van der Waals surface area contributed by atoms with Gasteiger partial charge < -0.3 is 24.3 Å². The number of benzene rings is 2. The van der Waals surface area contributed by atoms with Crippen LogP contribution in [-0.2, 0) is 11.2 Å². The van der Waals surface area contributed by atoms with Gasteiger partial charge >= 0.3 is 0 Å². The molecular formula is C19H23NO5. The number of anilines is 1. The van der Waals surface area contributed by atoms with Crippen LogP contribution in [0.1, 0.15) is 11.1 Å². The van der Waals surface area contributed by atoms with Crippen LogP contribution in [0, 0.1) is 6.92 Å². The van der Waals surface area contributed by atoms with Gasteiger partial charge in [0.25, 0.3) is 0 Å². The Balaban J connectivity index is 2.17. The molecule has 0 aliphatic rings. The van der Waals surface area contributed by atoms with Crippen molar-refractivity contribution in [2.45, 2.75) is 13.3 Å². The second kappa shape index (κ2) is 8.28. The fourth-order valence-corrected chi connectivity index (χ4v) is 2.52. The number of nitrogens with one attached hydrogen (secondary N) is 1. The zero-order chi connectivity index (χ0) is 18.4. The fraction of sp³-hybridized carbons (Fsp3) is 0.316. The maximum absolute atomic E-state index is 12.4. The van der Waals surface area contributed by atoms with Crippen molar-refractivity contribution >= 4 is 11.6 Å². The summed E-state index contributed by atoms with van der Waals surface area (Å²) in [6.07, 6.45) is 0.194. The van der Waals surface area contributed by atoms with E-state index in [1.807, 2.05) is 19.1 Å². The van der Waals surface area contributed by atoms with Crippen LogP contribution in [-0.4, -0.2) is 34.3 Å². The molecule has 6 heteroatoms. The summed E-state index contributed by atoms with van der Waals surface area (Å²) < 4.78 is 21.1. The molecule has 2 aromatic carbocycles. The second-order valence-corrected chi connectivity index (χ2v) is 5.44. The van der Waals surface area contributed by atoms with Gasteiger partial charge in [0.05, 0.1) is 40.5 Å². The average Bonchev–Trinajstić information content (AvgIpc) is 2.62. The van der Waals surface area contributed by atoms with Crippen molar-refractivity contribution in [3.8, 4) is 23.0 Å². The van der Waals surface area contributed by atoms with Crippen LogP contribution < -0.4 is 24.3 Å². The van der Waals surface area contributed by atoms with Crippen LogP contribution in [0.15, 0.2) is 30.3 Å². The first-order chi connectivity index (χ1) is 12.0. The van der Waals surface area contributed by atoms with Crippen LogP contribution in [0.2, 0.25) is 0 Å². The number of ether oxygens (including phenoxy) is 4. The van der Waals surface area contributed by atoms with E-state index in [-0.39, 0.29) is 12.3 Å². The molecule has 2 rings (SSSR count). The van der Waals surface area contributed by atoms with E-state index in [1.165, 1.54) is 0 Å². The van der Waals surface area contributed by atoms with Gasteiger partial charge in [0, 0.05) is 6.07 Å². The van der Waals surface area contributed by atoms with E-state index in [0.717, 1.165) is 11.1 Å². The van der Waals surface area contributed by atoms with Crippen molar-refractivity contribution in [2.75, 3.05) is 33.8 Å². The zero-order valence-electron chi connectivity index (χ0n) is 15.1. The highest BCUT2D eigenvalue weighted by Crippen LogP contribution is 2.33. The minimum atomic E-state index is -0.170. The molecule has 0 saturated heterocycles. The Kier molecular flexibility index (Phi) is 6.11. The van der Waals surface area contributed by atoms with Crippen LogP contribution in [0.3, 0.4) is 0 Å². The molecule has 1 N–H and O–H groups in total. The Morgan fingerprint density at radius 2 is 1.48 bits per heavy atom. The molecule has 1 amide bonds. The zero-order valence-corrected chi connectivity index (χ0v) is 15.1. The van der Waals surface area contributed by atoms with Gasteiger partial charge in [-0.25, -0.2) is 0 Å². The van der Waals surface area contributed by atoms with E-state index < -0.39 is 0 Å². The molecule has 0 heterocycles. The summed E-state index contributed by atoms with van der Waals surface area (Å²) in [5, 5.41) is 2.86. The van der Waals surface area contributed by atoms with E-state index in [2.05, 4.69) is 5.32 Å². The molecule has 25 heavy (non-hydrogen) atoms. The lowest BCUT2D eigenvalue weighted by atomic mass is 10.1. The Hall–Kier alpha value is -2.89. The predicted molar refractivity (Wildman–Crippen MR) is 96.2 cm³/mol. The lowest BCUT2D eigenvalue weighted by Gasteiger charge is -2.14. The number of methoxy groups -OCH3 is 4. The van der Waals surface area contributed by atoms with Crippen molar-refractivity contribution in [3.63, 3.8) is 0 Å².